The fourth-order valence-electron chi connectivity index (χ4n) is 4.06. The van der Waals surface area contributed by atoms with Crippen LogP contribution in [0.3, 0.4) is 0 Å². The van der Waals surface area contributed by atoms with E-state index in [1.54, 1.807) is 0 Å². The Morgan fingerprint density at radius 2 is 1.27 bits per heavy atom. The number of amides is 2. The Morgan fingerprint density at radius 1 is 0.750 bits per heavy atom. The van der Waals surface area contributed by atoms with Gasteiger partial charge < -0.3 is 31.1 Å². The van der Waals surface area contributed by atoms with Crippen LogP contribution in [0.15, 0.2) is 54.6 Å². The van der Waals surface area contributed by atoms with Crippen molar-refractivity contribution in [3.63, 3.8) is 0 Å². The van der Waals surface area contributed by atoms with Crippen LogP contribution in [0, 0.1) is 0 Å². The Balaban J connectivity index is 0.000000681. The van der Waals surface area contributed by atoms with Gasteiger partial charge in [0.25, 0.3) is 0 Å². The molecule has 1 heterocycles. The van der Waals surface area contributed by atoms with E-state index in [2.05, 4.69) is 20.4 Å². The van der Waals surface area contributed by atoms with Crippen molar-refractivity contribution < 1.29 is 49.2 Å². The minimum atomic E-state index is -1.82. The lowest BCUT2D eigenvalue weighted by molar-refractivity contribution is -0.159. The average molecular weight is 617 g/mol. The number of nitrogens with zero attached hydrogens (tertiary/aromatic N) is 2. The van der Waals surface area contributed by atoms with Crippen LogP contribution in [0.2, 0.25) is 0 Å². The lowest BCUT2D eigenvalue weighted by Gasteiger charge is -2.27. The molecule has 1 saturated heterocycles. The number of anilines is 1. The SMILES string of the molecule is CC(C(=O)Nc1ccccc1-c1ccccc1)N1CCCN(CC(=O)NC(C)(C)C)CC1.O=C(O)C(=O)O.O=C(O)C(=O)O. The first-order valence-electron chi connectivity index (χ1n) is 13.7. The highest BCUT2D eigenvalue weighted by molar-refractivity contribution is 6.27. The van der Waals surface area contributed by atoms with E-state index >= 15 is 0 Å². The van der Waals surface area contributed by atoms with Crippen molar-refractivity contribution in [2.24, 2.45) is 0 Å². The zero-order valence-corrected chi connectivity index (χ0v) is 25.1. The first-order valence-corrected chi connectivity index (χ1v) is 13.7. The monoisotopic (exact) mass is 616 g/mol. The van der Waals surface area contributed by atoms with Crippen LogP contribution in [0.5, 0.6) is 0 Å². The molecule has 3 rings (SSSR count). The largest absolute Gasteiger partial charge is 0.473 e. The van der Waals surface area contributed by atoms with Gasteiger partial charge in [-0.25, -0.2) is 19.2 Å². The van der Waals surface area contributed by atoms with Gasteiger partial charge in [-0.3, -0.25) is 19.4 Å². The van der Waals surface area contributed by atoms with Gasteiger partial charge >= 0.3 is 23.9 Å². The van der Waals surface area contributed by atoms with Gasteiger partial charge in [-0.15, -0.1) is 0 Å². The number of carboxylic acids is 4. The van der Waals surface area contributed by atoms with E-state index in [1.165, 1.54) is 0 Å². The zero-order valence-electron chi connectivity index (χ0n) is 25.1. The van der Waals surface area contributed by atoms with Gasteiger partial charge in [-0.05, 0) is 52.3 Å². The first kappa shape index (κ1) is 37.2. The summed E-state index contributed by atoms with van der Waals surface area (Å²) in [5.74, 6) is -7.25. The third-order valence-corrected chi connectivity index (χ3v) is 6.07. The standard InChI is InChI=1S/C26H36N4O2.2C2H2O4/c1-20(30-16-10-15-29(17-18-30)19-24(31)28-26(2,3)4)25(32)27-23-14-9-8-13-22(23)21-11-6-5-7-12-21;2*3-1(4)2(5)6/h5-9,11-14,20H,10,15-19H2,1-4H3,(H,27,32)(H,28,31);2*(H,3,4)(H,5,6). The molecule has 2 aromatic rings. The number of carbonyl (C=O) groups is 6. The molecule has 1 atom stereocenters. The van der Waals surface area contributed by atoms with Crippen molar-refractivity contribution in [1.82, 2.24) is 15.1 Å². The third kappa shape index (κ3) is 14.4. The lowest BCUT2D eigenvalue weighted by Crippen LogP contribution is -2.47. The van der Waals surface area contributed by atoms with Crippen molar-refractivity contribution >= 4 is 41.4 Å². The van der Waals surface area contributed by atoms with E-state index in [9.17, 15) is 9.59 Å². The minimum absolute atomic E-state index is 0.00712. The molecule has 44 heavy (non-hydrogen) atoms. The van der Waals surface area contributed by atoms with E-state index in [0.29, 0.717) is 6.54 Å². The number of carboxylic acid groups (broad SMARTS) is 4. The zero-order chi connectivity index (χ0) is 33.4. The van der Waals surface area contributed by atoms with E-state index in [1.807, 2.05) is 82.3 Å². The van der Waals surface area contributed by atoms with Gasteiger partial charge in [0.1, 0.15) is 0 Å². The Bertz CT molecular complexity index is 1250. The fourth-order valence-corrected chi connectivity index (χ4v) is 4.06. The summed E-state index contributed by atoms with van der Waals surface area (Å²) in [5.41, 5.74) is 2.69. The van der Waals surface area contributed by atoms with Crippen LogP contribution in [-0.4, -0.2) is 110 Å². The molecule has 0 bridgehead atoms. The molecular formula is C30H40N4O10. The number of benzene rings is 2. The Morgan fingerprint density at radius 3 is 1.80 bits per heavy atom. The van der Waals surface area contributed by atoms with Gasteiger partial charge in [0.2, 0.25) is 11.8 Å². The maximum atomic E-state index is 13.1. The number of rotatable bonds is 6. The van der Waals surface area contributed by atoms with E-state index < -0.39 is 23.9 Å². The normalized spacial score (nSPS) is 14.2. The second kappa shape index (κ2) is 18.0. The molecule has 0 radical (unpaired) electrons. The molecule has 1 fully saturated rings. The van der Waals surface area contributed by atoms with Crippen molar-refractivity contribution in [2.45, 2.75) is 45.7 Å². The molecule has 2 amide bonds. The summed E-state index contributed by atoms with van der Waals surface area (Å²) in [6.45, 7) is 11.6. The highest BCUT2D eigenvalue weighted by Gasteiger charge is 2.26. The van der Waals surface area contributed by atoms with Crippen LogP contribution >= 0.6 is 0 Å². The molecule has 0 saturated carbocycles. The molecule has 1 aliphatic heterocycles. The number of nitrogens with one attached hydrogen (secondary N) is 2. The maximum absolute atomic E-state index is 13.1. The van der Waals surface area contributed by atoms with Gasteiger partial charge in [-0.1, -0.05) is 48.5 Å². The fraction of sp³-hybridized carbons (Fsp3) is 0.400. The molecule has 0 spiro atoms. The van der Waals surface area contributed by atoms with Crippen LogP contribution in [0.25, 0.3) is 11.1 Å². The van der Waals surface area contributed by atoms with Gasteiger partial charge in [0, 0.05) is 36.4 Å². The van der Waals surface area contributed by atoms with E-state index in [-0.39, 0.29) is 23.4 Å². The summed E-state index contributed by atoms with van der Waals surface area (Å²) in [7, 11) is 0. The van der Waals surface area contributed by atoms with Crippen LogP contribution in [-0.2, 0) is 28.8 Å². The number of hydrogen-bond acceptors (Lipinski definition) is 8. The third-order valence-electron chi connectivity index (χ3n) is 6.07. The number of aliphatic carboxylic acids is 4. The summed E-state index contributed by atoms with van der Waals surface area (Å²) >= 11 is 0. The molecular weight excluding hydrogens is 576 g/mol. The molecule has 0 aromatic heterocycles. The lowest BCUT2D eigenvalue weighted by atomic mass is 10.0. The van der Waals surface area contributed by atoms with Crippen molar-refractivity contribution in [1.29, 1.82) is 0 Å². The second-order valence-corrected chi connectivity index (χ2v) is 10.8. The number of carbonyl (C=O) groups excluding carboxylic acids is 2. The Kier molecular flexibility index (Phi) is 15.2. The molecule has 14 nitrogen and oxygen atoms in total. The van der Waals surface area contributed by atoms with Gasteiger partial charge in [-0.2, -0.15) is 0 Å². The molecule has 6 N–H and O–H groups in total. The topological polar surface area (TPSA) is 214 Å². The smallest absolute Gasteiger partial charge is 0.414 e. The predicted molar refractivity (Wildman–Crippen MR) is 161 cm³/mol. The highest BCUT2D eigenvalue weighted by atomic mass is 16.4. The number of hydrogen-bond donors (Lipinski definition) is 6. The van der Waals surface area contributed by atoms with Crippen LogP contribution in [0.1, 0.15) is 34.1 Å². The van der Waals surface area contributed by atoms with Crippen molar-refractivity contribution in [3.8, 4) is 11.1 Å². The summed E-state index contributed by atoms with van der Waals surface area (Å²) < 4.78 is 0. The molecule has 240 valence electrons. The predicted octanol–water partition coefficient (Wildman–Crippen LogP) is 1.91. The van der Waals surface area contributed by atoms with Gasteiger partial charge in [0.05, 0.1) is 12.6 Å². The summed E-state index contributed by atoms with van der Waals surface area (Å²) in [4.78, 5) is 66.2. The average Bonchev–Trinajstić information content (AvgIpc) is 3.18. The molecule has 14 heteroatoms. The molecule has 0 aliphatic carbocycles. The molecule has 1 aliphatic rings. The number of para-hydroxylation sites is 1. The van der Waals surface area contributed by atoms with Crippen LogP contribution < -0.4 is 10.6 Å². The van der Waals surface area contributed by atoms with Crippen molar-refractivity contribution in [3.05, 3.63) is 54.6 Å². The summed E-state index contributed by atoms with van der Waals surface area (Å²) in [5, 5.41) is 35.7. The minimum Gasteiger partial charge on any atom is -0.473 e. The van der Waals surface area contributed by atoms with Crippen LogP contribution in [0.4, 0.5) is 5.69 Å². The maximum Gasteiger partial charge on any atom is 0.414 e. The second-order valence-electron chi connectivity index (χ2n) is 10.8. The van der Waals surface area contributed by atoms with E-state index in [0.717, 1.165) is 49.4 Å². The first-order chi connectivity index (χ1) is 20.5. The summed E-state index contributed by atoms with van der Waals surface area (Å²) in [6.07, 6.45) is 0.932. The molecule has 1 unspecified atom stereocenters. The Hall–Kier alpha value is -4.82. The van der Waals surface area contributed by atoms with Gasteiger partial charge in [0.15, 0.2) is 0 Å². The van der Waals surface area contributed by atoms with Crippen molar-refractivity contribution in [2.75, 3.05) is 38.0 Å². The molecule has 2 aromatic carbocycles. The Labute approximate surface area is 255 Å². The summed E-state index contributed by atoms with van der Waals surface area (Å²) in [6, 6.07) is 17.8. The highest BCUT2D eigenvalue weighted by Crippen LogP contribution is 2.27. The van der Waals surface area contributed by atoms with E-state index in [4.69, 9.17) is 39.6 Å². The quantitative estimate of drug-likeness (QED) is 0.257.